The molecule has 5 rings (SSSR count). The Morgan fingerprint density at radius 3 is 2.71 bits per heavy atom. The first-order valence-electron chi connectivity index (χ1n) is 9.74. The van der Waals surface area contributed by atoms with E-state index >= 15 is 0 Å². The Morgan fingerprint density at radius 1 is 1.03 bits per heavy atom. The smallest absolute Gasteiger partial charge is 0.365 e. The summed E-state index contributed by atoms with van der Waals surface area (Å²) in [6, 6.07) is 24.0. The van der Waals surface area contributed by atoms with Gasteiger partial charge in [-0.25, -0.2) is 4.79 Å². The predicted molar refractivity (Wildman–Crippen MR) is 113 cm³/mol. The molecule has 2 aromatic heterocycles. The van der Waals surface area contributed by atoms with E-state index in [1.165, 1.54) is 0 Å². The van der Waals surface area contributed by atoms with Crippen molar-refractivity contribution in [2.24, 2.45) is 0 Å². The largest absolute Gasteiger partial charge is 0.461 e. The molecule has 0 aliphatic carbocycles. The average molecular weight is 408 g/mol. The quantitative estimate of drug-likeness (QED) is 0.406. The number of furan rings is 1. The van der Waals surface area contributed by atoms with Crippen LogP contribution in [0.5, 0.6) is 0 Å². The second-order valence-corrected chi connectivity index (χ2v) is 7.10. The molecule has 0 fully saturated rings. The van der Waals surface area contributed by atoms with E-state index in [4.69, 9.17) is 14.5 Å². The van der Waals surface area contributed by atoms with Gasteiger partial charge in [0.15, 0.2) is 0 Å². The van der Waals surface area contributed by atoms with E-state index in [0.717, 1.165) is 33.6 Å². The Hall–Kier alpha value is -4.44. The maximum Gasteiger partial charge on any atom is 0.365 e. The third-order valence-electron chi connectivity index (χ3n) is 5.04. The molecule has 0 atom stereocenters. The molecule has 5 aromatic rings. The van der Waals surface area contributed by atoms with Crippen molar-refractivity contribution in [2.75, 3.05) is 0 Å². The van der Waals surface area contributed by atoms with Crippen LogP contribution in [0.2, 0.25) is 0 Å². The maximum atomic E-state index is 12.4. The number of rotatable bonds is 5. The van der Waals surface area contributed by atoms with Crippen molar-refractivity contribution in [1.29, 1.82) is 5.26 Å². The number of benzene rings is 3. The van der Waals surface area contributed by atoms with Gasteiger partial charge >= 0.3 is 5.97 Å². The van der Waals surface area contributed by atoms with Crippen LogP contribution in [0.3, 0.4) is 0 Å². The molecule has 0 amide bonds. The highest BCUT2D eigenvalue weighted by molar-refractivity contribution is 5.90. The first kappa shape index (κ1) is 18.6. The van der Waals surface area contributed by atoms with Gasteiger partial charge in [0.2, 0.25) is 0 Å². The SMILES string of the molecule is N#Cc1ccc2oc(CCc3ccc(C(=O)On4nnc5ccccc54)cc3)cc2c1. The molecule has 7 nitrogen and oxygen atoms in total. The van der Waals surface area contributed by atoms with E-state index < -0.39 is 5.97 Å². The first-order chi connectivity index (χ1) is 15.2. The number of carbonyl (C=O) groups is 1. The van der Waals surface area contributed by atoms with Gasteiger partial charge in [-0.05, 0) is 65.7 Å². The average Bonchev–Trinajstić information content (AvgIpc) is 3.41. The fourth-order valence-electron chi connectivity index (χ4n) is 3.41. The number of fused-ring (bicyclic) bond motifs is 2. The van der Waals surface area contributed by atoms with E-state index in [1.54, 1.807) is 30.3 Å². The fraction of sp³-hybridized carbons (Fsp3) is 0.0833. The summed E-state index contributed by atoms with van der Waals surface area (Å²) < 4.78 is 5.85. The molecular weight excluding hydrogens is 392 g/mol. The molecule has 0 radical (unpaired) electrons. The summed E-state index contributed by atoms with van der Waals surface area (Å²) in [4.78, 5) is 18.9. The summed E-state index contributed by atoms with van der Waals surface area (Å²) in [7, 11) is 0. The van der Waals surface area contributed by atoms with E-state index in [9.17, 15) is 4.79 Å². The van der Waals surface area contributed by atoms with Crippen molar-refractivity contribution in [3.05, 3.63) is 95.2 Å². The van der Waals surface area contributed by atoms with Gasteiger partial charge < -0.3 is 9.25 Å². The third kappa shape index (κ3) is 3.74. The molecule has 0 aliphatic rings. The van der Waals surface area contributed by atoms with Gasteiger partial charge in [0.1, 0.15) is 22.4 Å². The molecule has 150 valence electrons. The molecule has 0 unspecified atom stereocenters. The molecule has 2 heterocycles. The summed E-state index contributed by atoms with van der Waals surface area (Å²) in [5, 5.41) is 17.8. The zero-order chi connectivity index (χ0) is 21.2. The topological polar surface area (TPSA) is 93.9 Å². The fourth-order valence-corrected chi connectivity index (χ4v) is 3.41. The minimum absolute atomic E-state index is 0.427. The molecule has 0 N–H and O–H groups in total. The van der Waals surface area contributed by atoms with E-state index in [2.05, 4.69) is 16.4 Å². The number of aryl methyl sites for hydroxylation is 2. The van der Waals surface area contributed by atoms with E-state index in [-0.39, 0.29) is 0 Å². The number of hydrogen-bond donors (Lipinski definition) is 0. The van der Waals surface area contributed by atoms with Crippen LogP contribution >= 0.6 is 0 Å². The lowest BCUT2D eigenvalue weighted by molar-refractivity contribution is 0.0409. The van der Waals surface area contributed by atoms with Gasteiger partial charge in [-0.15, -0.1) is 5.10 Å². The van der Waals surface area contributed by atoms with E-state index in [1.807, 2.05) is 42.5 Å². The number of carbonyl (C=O) groups excluding carboxylic acids is 1. The van der Waals surface area contributed by atoms with Gasteiger partial charge in [-0.1, -0.05) is 29.1 Å². The first-order valence-corrected chi connectivity index (χ1v) is 9.74. The highest BCUT2D eigenvalue weighted by atomic mass is 16.7. The maximum absolute atomic E-state index is 12.4. The summed E-state index contributed by atoms with van der Waals surface area (Å²) >= 11 is 0. The lowest BCUT2D eigenvalue weighted by Gasteiger charge is -2.05. The normalized spacial score (nSPS) is 10.9. The van der Waals surface area contributed by atoms with Gasteiger partial charge in [-0.3, -0.25) is 0 Å². The molecule has 0 saturated carbocycles. The van der Waals surface area contributed by atoms with Crippen LogP contribution in [-0.4, -0.2) is 21.1 Å². The van der Waals surface area contributed by atoms with Gasteiger partial charge in [-0.2, -0.15) is 5.26 Å². The van der Waals surface area contributed by atoms with Gasteiger partial charge in [0, 0.05) is 11.8 Å². The number of nitrogens with zero attached hydrogens (tertiary/aromatic N) is 4. The Labute approximate surface area is 177 Å². The Balaban J connectivity index is 1.24. The van der Waals surface area contributed by atoms with Crippen LogP contribution < -0.4 is 4.84 Å². The molecule has 3 aromatic carbocycles. The van der Waals surface area contributed by atoms with Crippen molar-refractivity contribution in [3.63, 3.8) is 0 Å². The zero-order valence-electron chi connectivity index (χ0n) is 16.4. The molecule has 0 bridgehead atoms. The molecule has 0 spiro atoms. The van der Waals surface area contributed by atoms with Crippen LogP contribution in [0.15, 0.2) is 77.2 Å². The second-order valence-electron chi connectivity index (χ2n) is 7.10. The van der Waals surface area contributed by atoms with Crippen molar-refractivity contribution in [3.8, 4) is 6.07 Å². The number of para-hydroxylation sites is 1. The summed E-state index contributed by atoms with van der Waals surface area (Å²) in [6.07, 6.45) is 1.47. The summed E-state index contributed by atoms with van der Waals surface area (Å²) in [5.41, 5.74) is 4.16. The lowest BCUT2D eigenvalue weighted by Crippen LogP contribution is -2.21. The van der Waals surface area contributed by atoms with Crippen molar-refractivity contribution in [2.45, 2.75) is 12.8 Å². The lowest BCUT2D eigenvalue weighted by atomic mass is 10.1. The molecule has 0 saturated heterocycles. The second kappa shape index (κ2) is 7.76. The van der Waals surface area contributed by atoms with Crippen LogP contribution in [-0.2, 0) is 12.8 Å². The minimum Gasteiger partial charge on any atom is -0.461 e. The van der Waals surface area contributed by atoms with Crippen molar-refractivity contribution >= 4 is 28.0 Å². The van der Waals surface area contributed by atoms with Crippen LogP contribution in [0.25, 0.3) is 22.0 Å². The standard InChI is InChI=1S/C24H16N4O3/c25-15-17-8-12-23-19(13-17)14-20(30-23)11-7-16-5-9-18(10-6-16)24(29)31-28-22-4-2-1-3-21(22)26-27-28/h1-6,8-10,12-14H,7,11H2. The predicted octanol–water partition coefficient (Wildman–Crippen LogP) is 4.10. The molecule has 0 aliphatic heterocycles. The third-order valence-corrected chi connectivity index (χ3v) is 5.04. The number of hydrogen-bond acceptors (Lipinski definition) is 6. The molecular formula is C24H16N4O3. The Bertz CT molecular complexity index is 1440. The van der Waals surface area contributed by atoms with Crippen LogP contribution in [0, 0.1) is 11.3 Å². The minimum atomic E-state index is -0.507. The summed E-state index contributed by atoms with van der Waals surface area (Å²) in [6.45, 7) is 0. The molecule has 7 heteroatoms. The van der Waals surface area contributed by atoms with E-state index in [0.29, 0.717) is 28.6 Å². The van der Waals surface area contributed by atoms with Gasteiger partial charge in [0.25, 0.3) is 0 Å². The summed E-state index contributed by atoms with van der Waals surface area (Å²) in [5.74, 6) is 0.347. The molecule has 31 heavy (non-hydrogen) atoms. The number of aromatic nitrogens is 3. The highest BCUT2D eigenvalue weighted by Gasteiger charge is 2.12. The monoisotopic (exact) mass is 408 g/mol. The Kier molecular flexibility index (Phi) is 4.65. The van der Waals surface area contributed by atoms with Crippen molar-refractivity contribution < 1.29 is 14.0 Å². The highest BCUT2D eigenvalue weighted by Crippen LogP contribution is 2.22. The van der Waals surface area contributed by atoms with Gasteiger partial charge in [0.05, 0.1) is 17.2 Å². The van der Waals surface area contributed by atoms with Crippen molar-refractivity contribution in [1.82, 2.24) is 15.2 Å². The Morgan fingerprint density at radius 2 is 1.87 bits per heavy atom. The van der Waals surface area contributed by atoms with Crippen LogP contribution in [0.1, 0.15) is 27.2 Å². The van der Waals surface area contributed by atoms with Crippen LogP contribution in [0.4, 0.5) is 0 Å². The number of nitriles is 1. The zero-order valence-corrected chi connectivity index (χ0v) is 16.4.